The topological polar surface area (TPSA) is 74.7 Å². The summed E-state index contributed by atoms with van der Waals surface area (Å²) in [7, 11) is 1.73. The number of pyridine rings is 2. The van der Waals surface area contributed by atoms with E-state index in [9.17, 15) is 4.39 Å². The van der Waals surface area contributed by atoms with E-state index in [2.05, 4.69) is 25.6 Å². The summed E-state index contributed by atoms with van der Waals surface area (Å²) < 4.78 is 19.5. The number of hydrogen-bond donors (Lipinski definition) is 2. The minimum Gasteiger partial charge on any atom is -0.475 e. The molecule has 1 atom stereocenters. The van der Waals surface area contributed by atoms with E-state index in [1.165, 1.54) is 6.07 Å². The van der Waals surface area contributed by atoms with Crippen LogP contribution >= 0.6 is 24.0 Å². The highest BCUT2D eigenvalue weighted by molar-refractivity contribution is 14.0. The van der Waals surface area contributed by atoms with Gasteiger partial charge in [0.2, 0.25) is 5.88 Å². The largest absolute Gasteiger partial charge is 0.475 e. The number of ether oxygens (including phenoxy) is 1. The van der Waals surface area contributed by atoms with E-state index in [1.807, 2.05) is 30.9 Å². The molecule has 0 radical (unpaired) electrons. The quantitative estimate of drug-likeness (QED) is 0.351. The Morgan fingerprint density at radius 2 is 2.17 bits per heavy atom. The van der Waals surface area contributed by atoms with Gasteiger partial charge in [0.15, 0.2) is 17.6 Å². The molecule has 7 nitrogen and oxygen atoms in total. The number of halogens is 2. The van der Waals surface area contributed by atoms with E-state index in [4.69, 9.17) is 4.74 Å². The first kappa shape index (κ1) is 23.1. The molecule has 0 bridgehead atoms. The third kappa shape index (κ3) is 6.69. The van der Waals surface area contributed by atoms with Gasteiger partial charge in [-0.1, -0.05) is 6.07 Å². The molecule has 0 spiro atoms. The van der Waals surface area contributed by atoms with Crippen LogP contribution in [0.2, 0.25) is 0 Å². The van der Waals surface area contributed by atoms with Gasteiger partial charge in [0.25, 0.3) is 0 Å². The van der Waals surface area contributed by atoms with Crippen molar-refractivity contribution >= 4 is 35.8 Å². The van der Waals surface area contributed by atoms with Gasteiger partial charge in [-0.25, -0.2) is 14.4 Å². The second kappa shape index (κ2) is 11.1. The molecule has 158 valence electrons. The van der Waals surface area contributed by atoms with E-state index in [0.717, 1.165) is 18.5 Å². The lowest BCUT2D eigenvalue weighted by Crippen LogP contribution is -2.44. The van der Waals surface area contributed by atoms with Crippen molar-refractivity contribution in [3.05, 3.63) is 48.0 Å². The molecule has 1 fully saturated rings. The highest BCUT2D eigenvalue weighted by atomic mass is 127. The molecule has 0 aromatic carbocycles. The van der Waals surface area contributed by atoms with Crippen molar-refractivity contribution < 1.29 is 9.13 Å². The molecule has 1 aliphatic rings. The highest BCUT2D eigenvalue weighted by Gasteiger charge is 2.25. The molecule has 2 N–H and O–H groups in total. The minimum atomic E-state index is -0.289. The predicted molar refractivity (Wildman–Crippen MR) is 124 cm³/mol. The summed E-state index contributed by atoms with van der Waals surface area (Å²) in [6.07, 6.45) is 4.40. The lowest BCUT2D eigenvalue weighted by atomic mass is 10.2. The number of nitrogens with zero attached hydrogens (tertiary/aromatic N) is 4. The van der Waals surface area contributed by atoms with Crippen LogP contribution in [-0.2, 0) is 6.54 Å². The second-order valence-corrected chi connectivity index (χ2v) is 6.98. The molecule has 1 unspecified atom stereocenters. The lowest BCUT2D eigenvalue weighted by Gasteiger charge is -2.20. The van der Waals surface area contributed by atoms with Crippen molar-refractivity contribution in [1.82, 2.24) is 20.6 Å². The normalized spacial score (nSPS) is 16.5. The average Bonchev–Trinajstić information content (AvgIpc) is 3.14. The van der Waals surface area contributed by atoms with Gasteiger partial charge >= 0.3 is 0 Å². The molecule has 29 heavy (non-hydrogen) atoms. The van der Waals surface area contributed by atoms with Crippen molar-refractivity contribution in [1.29, 1.82) is 0 Å². The Kier molecular flexibility index (Phi) is 8.87. The fraction of sp³-hybridized carbons (Fsp3) is 0.450. The van der Waals surface area contributed by atoms with Gasteiger partial charge in [0.1, 0.15) is 0 Å². The molecular weight excluding hydrogens is 486 g/mol. The number of guanidine groups is 1. The van der Waals surface area contributed by atoms with Gasteiger partial charge in [-0.2, -0.15) is 0 Å². The molecular formula is C20H28FIN6O. The summed E-state index contributed by atoms with van der Waals surface area (Å²) in [6, 6.07) is 7.06. The summed E-state index contributed by atoms with van der Waals surface area (Å²) in [6.45, 7) is 5.97. The van der Waals surface area contributed by atoms with E-state index in [0.29, 0.717) is 30.7 Å². The molecule has 1 saturated heterocycles. The van der Waals surface area contributed by atoms with Crippen LogP contribution in [0.15, 0.2) is 41.7 Å². The van der Waals surface area contributed by atoms with Crippen LogP contribution in [-0.4, -0.2) is 48.2 Å². The molecule has 0 saturated carbocycles. The van der Waals surface area contributed by atoms with Gasteiger partial charge in [0, 0.05) is 51.2 Å². The SMILES string of the molecule is CN=C(NCc1ccc(OC(C)C)nc1)NC1CCN(c2ncccc2F)C1.I. The number of anilines is 1. The Morgan fingerprint density at radius 1 is 1.34 bits per heavy atom. The Labute approximate surface area is 188 Å². The first-order valence-electron chi connectivity index (χ1n) is 9.49. The van der Waals surface area contributed by atoms with E-state index in [1.54, 1.807) is 25.5 Å². The van der Waals surface area contributed by atoms with Crippen LogP contribution in [0.1, 0.15) is 25.8 Å². The fourth-order valence-electron chi connectivity index (χ4n) is 3.08. The first-order valence-corrected chi connectivity index (χ1v) is 9.49. The lowest BCUT2D eigenvalue weighted by molar-refractivity contribution is 0.232. The Balaban J connectivity index is 0.00000300. The Hall–Kier alpha value is -2.17. The second-order valence-electron chi connectivity index (χ2n) is 6.98. The Bertz CT molecular complexity index is 802. The van der Waals surface area contributed by atoms with Crippen molar-refractivity contribution in [2.24, 2.45) is 4.99 Å². The molecule has 2 aromatic rings. The zero-order valence-electron chi connectivity index (χ0n) is 16.9. The first-order chi connectivity index (χ1) is 13.5. The van der Waals surface area contributed by atoms with Crippen LogP contribution in [0, 0.1) is 5.82 Å². The molecule has 1 aliphatic heterocycles. The van der Waals surface area contributed by atoms with Gasteiger partial charge in [-0.3, -0.25) is 4.99 Å². The third-order valence-electron chi connectivity index (χ3n) is 4.41. The average molecular weight is 514 g/mol. The molecule has 2 aromatic heterocycles. The van der Waals surface area contributed by atoms with Crippen LogP contribution in [0.4, 0.5) is 10.2 Å². The summed E-state index contributed by atoms with van der Waals surface area (Å²) in [4.78, 5) is 14.7. The molecule has 9 heteroatoms. The maximum Gasteiger partial charge on any atom is 0.213 e. The standard InChI is InChI=1S/C20H27FN6O.HI/c1-14(2)28-18-7-6-15(11-24-18)12-25-20(22-3)26-16-8-10-27(13-16)19-17(21)5-4-9-23-19;/h4-7,9,11,14,16H,8,10,12-13H2,1-3H3,(H2,22,25,26);1H. The van der Waals surface area contributed by atoms with Crippen LogP contribution < -0.4 is 20.3 Å². The molecule has 3 rings (SSSR count). The highest BCUT2D eigenvalue weighted by Crippen LogP contribution is 2.20. The number of nitrogens with one attached hydrogen (secondary N) is 2. The summed E-state index contributed by atoms with van der Waals surface area (Å²) in [5.41, 5.74) is 1.03. The number of rotatable bonds is 6. The van der Waals surface area contributed by atoms with Crippen molar-refractivity contribution in [2.75, 3.05) is 25.0 Å². The maximum atomic E-state index is 13.9. The number of hydrogen-bond acceptors (Lipinski definition) is 5. The molecule has 3 heterocycles. The molecule has 0 amide bonds. The maximum absolute atomic E-state index is 13.9. The smallest absolute Gasteiger partial charge is 0.213 e. The van der Waals surface area contributed by atoms with Crippen LogP contribution in [0.25, 0.3) is 0 Å². The summed E-state index contributed by atoms with van der Waals surface area (Å²) in [5, 5.41) is 6.68. The van der Waals surface area contributed by atoms with Gasteiger partial charge in [-0.15, -0.1) is 24.0 Å². The van der Waals surface area contributed by atoms with Crippen molar-refractivity contribution in [3.63, 3.8) is 0 Å². The van der Waals surface area contributed by atoms with Gasteiger partial charge < -0.3 is 20.3 Å². The van der Waals surface area contributed by atoms with E-state index >= 15 is 0 Å². The molecule has 0 aliphatic carbocycles. The minimum absolute atomic E-state index is 0. The predicted octanol–water partition coefficient (Wildman–Crippen LogP) is 2.96. The fourth-order valence-corrected chi connectivity index (χ4v) is 3.08. The van der Waals surface area contributed by atoms with Gasteiger partial charge in [0.05, 0.1) is 6.10 Å². The van der Waals surface area contributed by atoms with Crippen molar-refractivity contribution in [3.8, 4) is 5.88 Å². The Morgan fingerprint density at radius 3 is 2.83 bits per heavy atom. The third-order valence-corrected chi connectivity index (χ3v) is 4.41. The summed E-state index contributed by atoms with van der Waals surface area (Å²) >= 11 is 0. The van der Waals surface area contributed by atoms with Crippen molar-refractivity contribution in [2.45, 2.75) is 39.0 Å². The number of aliphatic imine (C=N–C) groups is 1. The summed E-state index contributed by atoms with van der Waals surface area (Å²) in [5.74, 6) is 1.44. The van der Waals surface area contributed by atoms with E-state index < -0.39 is 0 Å². The zero-order valence-corrected chi connectivity index (χ0v) is 19.3. The number of aromatic nitrogens is 2. The van der Waals surface area contributed by atoms with Crippen LogP contribution in [0.5, 0.6) is 5.88 Å². The van der Waals surface area contributed by atoms with E-state index in [-0.39, 0.29) is 41.9 Å². The van der Waals surface area contributed by atoms with Gasteiger partial charge in [-0.05, 0) is 38.0 Å². The zero-order chi connectivity index (χ0) is 19.9. The monoisotopic (exact) mass is 514 g/mol. The van der Waals surface area contributed by atoms with Crippen LogP contribution in [0.3, 0.4) is 0 Å².